The molecule has 0 fully saturated rings. The van der Waals surface area contributed by atoms with Crippen LogP contribution >= 0.6 is 0 Å². The van der Waals surface area contributed by atoms with Gasteiger partial charge in [0.2, 0.25) is 0 Å². The van der Waals surface area contributed by atoms with E-state index in [2.05, 4.69) is 79.7 Å². The predicted octanol–water partition coefficient (Wildman–Crippen LogP) is 12.1. The van der Waals surface area contributed by atoms with Crippen molar-refractivity contribution in [3.05, 3.63) is 35.4 Å². The van der Waals surface area contributed by atoms with Crippen molar-refractivity contribution < 1.29 is 18.9 Å². The van der Waals surface area contributed by atoms with E-state index in [0.29, 0.717) is 0 Å². The fraction of sp³-hybridized carbons (Fsp3) is 0.714. The van der Waals surface area contributed by atoms with Crippen LogP contribution in [0.4, 0.5) is 0 Å². The molecule has 0 bridgehead atoms. The summed E-state index contributed by atoms with van der Waals surface area (Å²) in [5, 5.41) is 0. The molecule has 2 rings (SSSR count). The van der Waals surface area contributed by atoms with Crippen LogP contribution in [-0.4, -0.2) is 65.2 Å². The molecule has 2 aromatic rings. The third-order valence-electron chi connectivity index (χ3n) is 10.8. The number of methoxy groups -OCH3 is 4. The molecule has 0 aliphatic heterocycles. The minimum absolute atomic E-state index is 0.875. The molecule has 0 atom stereocenters. The molecule has 6 heteroatoms. The predicted molar refractivity (Wildman–Crippen MR) is 218 cm³/mol. The van der Waals surface area contributed by atoms with Crippen LogP contribution in [0, 0.1) is 13.8 Å². The Balaban J connectivity index is 0.000000480. The van der Waals surface area contributed by atoms with Gasteiger partial charge in [0, 0.05) is 0 Å². The summed E-state index contributed by atoms with van der Waals surface area (Å²) in [5.74, 6) is 3.67. The Labute approximate surface area is 306 Å². The SMILES string of the molecule is CCC[CH2][Sn]([CH2]CCC)([CH2]CCC)[c]1ccc(OC)c(OC)c1C.CCC[CH2][Sn]([CH2]CCC)([CH2]CCC)[c]1ccc(OC)c(OC)c1C. The molecular weight excluding hydrogens is 806 g/mol. The molecule has 0 heterocycles. The molecule has 0 spiro atoms. The second kappa shape index (κ2) is 25.2. The molecule has 0 aromatic heterocycles. The van der Waals surface area contributed by atoms with Crippen molar-refractivity contribution in [3.8, 4) is 23.0 Å². The first-order chi connectivity index (χ1) is 23.2. The number of ether oxygens (including phenoxy) is 4. The molecule has 0 saturated carbocycles. The molecule has 0 aliphatic rings. The van der Waals surface area contributed by atoms with E-state index in [-0.39, 0.29) is 0 Å². The summed E-state index contributed by atoms with van der Waals surface area (Å²) in [7, 11) is 7.02. The molecular formula is C42H76O4Sn2. The number of unbranched alkanes of at least 4 members (excludes halogenated alkanes) is 6. The van der Waals surface area contributed by atoms with Crippen LogP contribution < -0.4 is 26.1 Å². The average Bonchev–Trinajstić information content (AvgIpc) is 3.11. The van der Waals surface area contributed by atoms with Gasteiger partial charge in [-0.3, -0.25) is 0 Å². The zero-order chi connectivity index (χ0) is 36.0. The molecule has 0 saturated heterocycles. The van der Waals surface area contributed by atoms with E-state index in [1.807, 2.05) is 0 Å². The van der Waals surface area contributed by atoms with Crippen molar-refractivity contribution in [1.82, 2.24) is 0 Å². The van der Waals surface area contributed by atoms with E-state index in [0.717, 1.165) is 23.0 Å². The minimum atomic E-state index is -2.41. The van der Waals surface area contributed by atoms with E-state index < -0.39 is 36.8 Å². The molecule has 276 valence electrons. The van der Waals surface area contributed by atoms with Crippen molar-refractivity contribution in [3.63, 3.8) is 0 Å². The van der Waals surface area contributed by atoms with Crippen LogP contribution in [0.3, 0.4) is 0 Å². The van der Waals surface area contributed by atoms with Crippen molar-refractivity contribution in [2.24, 2.45) is 0 Å². The summed E-state index contributed by atoms with van der Waals surface area (Å²) >= 11 is -4.82. The van der Waals surface area contributed by atoms with E-state index >= 15 is 0 Å². The van der Waals surface area contributed by atoms with E-state index in [4.69, 9.17) is 18.9 Å². The molecule has 4 nitrogen and oxygen atoms in total. The van der Waals surface area contributed by atoms with Gasteiger partial charge in [0.15, 0.2) is 0 Å². The maximum absolute atomic E-state index is 5.72. The van der Waals surface area contributed by atoms with E-state index in [1.54, 1.807) is 35.6 Å². The molecule has 48 heavy (non-hydrogen) atoms. The molecule has 0 N–H and O–H groups in total. The Morgan fingerprint density at radius 3 is 0.833 bits per heavy atom. The van der Waals surface area contributed by atoms with Gasteiger partial charge in [-0.2, -0.15) is 0 Å². The first kappa shape index (κ1) is 45.3. The molecule has 0 radical (unpaired) electrons. The van der Waals surface area contributed by atoms with Crippen molar-refractivity contribution >= 4 is 43.9 Å². The van der Waals surface area contributed by atoms with Gasteiger partial charge in [0.25, 0.3) is 0 Å². The zero-order valence-corrected chi connectivity index (χ0v) is 39.4. The number of hydrogen-bond acceptors (Lipinski definition) is 4. The summed E-state index contributed by atoms with van der Waals surface area (Å²) in [6, 6.07) is 9.09. The fourth-order valence-corrected chi connectivity index (χ4v) is 42.2. The number of rotatable bonds is 24. The third kappa shape index (κ3) is 12.8. The van der Waals surface area contributed by atoms with Crippen LogP contribution in [0.25, 0.3) is 0 Å². The molecule has 0 unspecified atom stereocenters. The van der Waals surface area contributed by atoms with Gasteiger partial charge in [0.1, 0.15) is 0 Å². The quantitative estimate of drug-likeness (QED) is 0.0985. The molecule has 0 aliphatic carbocycles. The van der Waals surface area contributed by atoms with E-state index in [9.17, 15) is 0 Å². The van der Waals surface area contributed by atoms with Crippen LogP contribution in [-0.2, 0) is 0 Å². The van der Waals surface area contributed by atoms with Gasteiger partial charge in [0.05, 0.1) is 0 Å². The van der Waals surface area contributed by atoms with Crippen LogP contribution in [0.15, 0.2) is 24.3 Å². The van der Waals surface area contributed by atoms with E-state index in [1.165, 1.54) is 115 Å². The standard InChI is InChI=1S/2C9H11O2.6C4H9.2Sn/c2*1-7-5-4-6-8(10-2)9(7)11-3;6*1-3-4-2;;/h2*4,6H,1-3H3;6*1,3-4H2,2H3;;. The van der Waals surface area contributed by atoms with Gasteiger partial charge < -0.3 is 0 Å². The normalized spacial score (nSPS) is 11.6. The summed E-state index contributed by atoms with van der Waals surface area (Å²) in [6.45, 7) is 18.5. The van der Waals surface area contributed by atoms with Crippen LogP contribution in [0.2, 0.25) is 26.6 Å². The average molecular weight is 882 g/mol. The Morgan fingerprint density at radius 1 is 0.396 bits per heavy atom. The monoisotopic (exact) mass is 884 g/mol. The Hall–Kier alpha value is -0.763. The number of benzene rings is 2. The fourth-order valence-electron chi connectivity index (χ4n) is 7.96. The third-order valence-corrected chi connectivity index (χ3v) is 42.8. The first-order valence-corrected chi connectivity index (χ1v) is 34.6. The van der Waals surface area contributed by atoms with Crippen molar-refractivity contribution in [2.75, 3.05) is 28.4 Å². The van der Waals surface area contributed by atoms with Crippen LogP contribution in [0.5, 0.6) is 23.0 Å². The van der Waals surface area contributed by atoms with Gasteiger partial charge >= 0.3 is 309 Å². The first-order valence-electron chi connectivity index (χ1n) is 19.6. The summed E-state index contributed by atoms with van der Waals surface area (Å²) in [6.07, 6.45) is 16.2. The maximum atomic E-state index is 5.72. The van der Waals surface area contributed by atoms with Crippen molar-refractivity contribution in [1.29, 1.82) is 0 Å². The summed E-state index contributed by atoms with van der Waals surface area (Å²) in [4.78, 5) is 0. The zero-order valence-electron chi connectivity index (χ0n) is 33.7. The Bertz CT molecular complexity index is 1020. The summed E-state index contributed by atoms with van der Waals surface area (Å²) in [5.41, 5.74) is 2.71. The second-order valence-electron chi connectivity index (χ2n) is 14.1. The van der Waals surface area contributed by atoms with Crippen LogP contribution in [0.1, 0.15) is 130 Å². The van der Waals surface area contributed by atoms with Gasteiger partial charge in [-0.25, -0.2) is 0 Å². The van der Waals surface area contributed by atoms with Crippen molar-refractivity contribution in [2.45, 2.75) is 159 Å². The Kier molecular flexibility index (Phi) is 23.8. The van der Waals surface area contributed by atoms with Gasteiger partial charge in [-0.05, 0) is 0 Å². The molecule has 0 amide bonds. The molecule has 2 aromatic carbocycles. The Morgan fingerprint density at radius 2 is 0.646 bits per heavy atom. The van der Waals surface area contributed by atoms with Gasteiger partial charge in [-0.1, -0.05) is 0 Å². The second-order valence-corrected chi connectivity index (χ2v) is 40.4. The van der Waals surface area contributed by atoms with Gasteiger partial charge in [-0.15, -0.1) is 0 Å². The topological polar surface area (TPSA) is 36.9 Å². The summed E-state index contributed by atoms with van der Waals surface area (Å²) < 4.78 is 34.8. The number of hydrogen-bond donors (Lipinski definition) is 0.